The summed E-state index contributed by atoms with van der Waals surface area (Å²) in [4.78, 5) is 10.8. The predicted octanol–water partition coefficient (Wildman–Crippen LogP) is 1.86. The molecule has 2 rings (SSSR count). The summed E-state index contributed by atoms with van der Waals surface area (Å²) in [5.74, 6) is 0.341. The second-order valence-electron chi connectivity index (χ2n) is 4.56. The van der Waals surface area contributed by atoms with Crippen molar-refractivity contribution in [3.8, 4) is 5.75 Å². The number of nitrogens with one attached hydrogen (secondary N) is 2. The van der Waals surface area contributed by atoms with Crippen LogP contribution in [-0.2, 0) is 17.9 Å². The zero-order valence-corrected chi connectivity index (χ0v) is 11.6. The molecule has 0 saturated heterocycles. The molecule has 0 spiro atoms. The maximum atomic E-state index is 10.8. The highest BCUT2D eigenvalue weighted by molar-refractivity contribution is 5.76. The van der Waals surface area contributed by atoms with E-state index in [1.165, 1.54) is 0 Å². The van der Waals surface area contributed by atoms with Gasteiger partial charge in [0.1, 0.15) is 12.4 Å². The van der Waals surface area contributed by atoms with E-state index in [2.05, 4.69) is 5.32 Å². The van der Waals surface area contributed by atoms with Crippen LogP contribution in [0.5, 0.6) is 5.75 Å². The van der Waals surface area contributed by atoms with E-state index in [0.717, 1.165) is 16.9 Å². The van der Waals surface area contributed by atoms with Crippen molar-refractivity contribution in [2.24, 2.45) is 0 Å². The van der Waals surface area contributed by atoms with E-state index in [4.69, 9.17) is 9.94 Å². The first-order valence-electron chi connectivity index (χ1n) is 6.67. The number of ether oxygens (including phenoxy) is 1. The standard InChI is InChI=1S/C16H18N2O3/c19-16(18-20)11-17-10-13-6-8-15(9-7-13)21-12-14-4-2-1-3-5-14/h1-9,17,20H,10-12H2,(H,18,19). The summed E-state index contributed by atoms with van der Waals surface area (Å²) in [6.07, 6.45) is 0. The van der Waals surface area contributed by atoms with E-state index in [1.807, 2.05) is 54.6 Å². The molecule has 0 atom stereocenters. The Kier molecular flexibility index (Phi) is 5.75. The Bertz CT molecular complexity index is 555. The van der Waals surface area contributed by atoms with Gasteiger partial charge in [0.2, 0.25) is 0 Å². The SMILES string of the molecule is O=C(CNCc1ccc(OCc2ccccc2)cc1)NO. The van der Waals surface area contributed by atoms with Crippen molar-refractivity contribution in [3.63, 3.8) is 0 Å². The summed E-state index contributed by atoms with van der Waals surface area (Å²) >= 11 is 0. The number of carbonyl (C=O) groups excluding carboxylic acids is 1. The van der Waals surface area contributed by atoms with Crippen LogP contribution in [0.2, 0.25) is 0 Å². The lowest BCUT2D eigenvalue weighted by atomic mass is 10.2. The second-order valence-corrected chi connectivity index (χ2v) is 4.56. The van der Waals surface area contributed by atoms with Crippen LogP contribution in [0.15, 0.2) is 54.6 Å². The minimum Gasteiger partial charge on any atom is -0.489 e. The van der Waals surface area contributed by atoms with Crippen LogP contribution in [-0.4, -0.2) is 17.7 Å². The highest BCUT2D eigenvalue weighted by Crippen LogP contribution is 2.14. The van der Waals surface area contributed by atoms with Gasteiger partial charge < -0.3 is 10.1 Å². The number of hydrogen-bond donors (Lipinski definition) is 3. The highest BCUT2D eigenvalue weighted by Gasteiger charge is 1.99. The van der Waals surface area contributed by atoms with Crippen molar-refractivity contribution < 1.29 is 14.7 Å². The van der Waals surface area contributed by atoms with Crippen LogP contribution in [0, 0.1) is 0 Å². The minimum absolute atomic E-state index is 0.0722. The molecule has 21 heavy (non-hydrogen) atoms. The van der Waals surface area contributed by atoms with Gasteiger partial charge in [-0.25, -0.2) is 5.48 Å². The van der Waals surface area contributed by atoms with Gasteiger partial charge in [0.15, 0.2) is 0 Å². The molecule has 0 saturated carbocycles. The normalized spacial score (nSPS) is 10.1. The predicted molar refractivity (Wildman–Crippen MR) is 78.9 cm³/mol. The van der Waals surface area contributed by atoms with Crippen LogP contribution < -0.4 is 15.5 Å². The lowest BCUT2D eigenvalue weighted by molar-refractivity contribution is -0.128. The van der Waals surface area contributed by atoms with Crippen molar-refractivity contribution in [1.29, 1.82) is 0 Å². The molecule has 0 unspecified atom stereocenters. The lowest BCUT2D eigenvalue weighted by Gasteiger charge is -2.08. The average Bonchev–Trinajstić information content (AvgIpc) is 2.55. The summed E-state index contributed by atoms with van der Waals surface area (Å²) in [6, 6.07) is 17.6. The zero-order valence-electron chi connectivity index (χ0n) is 11.6. The zero-order chi connectivity index (χ0) is 14.9. The molecule has 2 aromatic carbocycles. The van der Waals surface area contributed by atoms with Crippen molar-refractivity contribution in [1.82, 2.24) is 10.8 Å². The molecule has 0 aliphatic heterocycles. The third-order valence-corrected chi connectivity index (χ3v) is 2.91. The maximum absolute atomic E-state index is 10.8. The Balaban J connectivity index is 1.78. The molecule has 0 aliphatic carbocycles. The first-order valence-corrected chi connectivity index (χ1v) is 6.67. The Labute approximate surface area is 123 Å². The van der Waals surface area contributed by atoms with Crippen molar-refractivity contribution in [2.75, 3.05) is 6.54 Å². The topological polar surface area (TPSA) is 70.6 Å². The summed E-state index contributed by atoms with van der Waals surface area (Å²) in [7, 11) is 0. The van der Waals surface area contributed by atoms with Crippen molar-refractivity contribution in [3.05, 3.63) is 65.7 Å². The third kappa shape index (κ3) is 5.25. The molecule has 0 aromatic heterocycles. The number of hydroxylamine groups is 1. The molecule has 110 valence electrons. The summed E-state index contributed by atoms with van der Waals surface area (Å²) < 4.78 is 5.69. The number of hydrogen-bond acceptors (Lipinski definition) is 4. The fourth-order valence-electron chi connectivity index (χ4n) is 1.80. The van der Waals surface area contributed by atoms with Crippen LogP contribution in [0.25, 0.3) is 0 Å². The summed E-state index contributed by atoms with van der Waals surface area (Å²) in [5, 5.41) is 11.3. The first kappa shape index (κ1) is 15.0. The molecule has 2 aromatic rings. The van der Waals surface area contributed by atoms with Gasteiger partial charge >= 0.3 is 0 Å². The quantitative estimate of drug-likeness (QED) is 0.537. The average molecular weight is 286 g/mol. The number of rotatable bonds is 7. The third-order valence-electron chi connectivity index (χ3n) is 2.91. The van der Waals surface area contributed by atoms with Gasteiger partial charge in [-0.3, -0.25) is 10.0 Å². The van der Waals surface area contributed by atoms with Crippen molar-refractivity contribution in [2.45, 2.75) is 13.2 Å². The molecule has 0 bridgehead atoms. The van der Waals surface area contributed by atoms with E-state index in [1.54, 1.807) is 5.48 Å². The minimum atomic E-state index is -0.460. The highest BCUT2D eigenvalue weighted by atomic mass is 16.5. The lowest BCUT2D eigenvalue weighted by Crippen LogP contribution is -2.31. The van der Waals surface area contributed by atoms with Crippen LogP contribution >= 0.6 is 0 Å². The number of carbonyl (C=O) groups is 1. The molecule has 0 radical (unpaired) electrons. The van der Waals surface area contributed by atoms with E-state index < -0.39 is 5.91 Å². The molecular weight excluding hydrogens is 268 g/mol. The van der Waals surface area contributed by atoms with E-state index in [9.17, 15) is 4.79 Å². The van der Waals surface area contributed by atoms with Gasteiger partial charge in [0.05, 0.1) is 6.54 Å². The Hall–Kier alpha value is -2.37. The molecule has 5 heteroatoms. The number of amides is 1. The molecular formula is C16H18N2O3. The molecule has 0 heterocycles. The fourth-order valence-corrected chi connectivity index (χ4v) is 1.80. The van der Waals surface area contributed by atoms with Crippen LogP contribution in [0.1, 0.15) is 11.1 Å². The summed E-state index contributed by atoms with van der Waals surface area (Å²) in [6.45, 7) is 1.16. The Morgan fingerprint density at radius 2 is 1.71 bits per heavy atom. The summed E-state index contributed by atoms with van der Waals surface area (Å²) in [5.41, 5.74) is 3.73. The Morgan fingerprint density at radius 1 is 1.00 bits per heavy atom. The number of benzene rings is 2. The molecule has 0 fully saturated rings. The first-order chi connectivity index (χ1) is 10.3. The van der Waals surface area contributed by atoms with Gasteiger partial charge in [-0.1, -0.05) is 42.5 Å². The van der Waals surface area contributed by atoms with Crippen LogP contribution in [0.4, 0.5) is 0 Å². The van der Waals surface area contributed by atoms with E-state index >= 15 is 0 Å². The van der Waals surface area contributed by atoms with E-state index in [-0.39, 0.29) is 6.54 Å². The van der Waals surface area contributed by atoms with Gasteiger partial charge in [0, 0.05) is 6.54 Å². The van der Waals surface area contributed by atoms with Crippen LogP contribution in [0.3, 0.4) is 0 Å². The van der Waals surface area contributed by atoms with Gasteiger partial charge in [-0.2, -0.15) is 0 Å². The smallest absolute Gasteiger partial charge is 0.257 e. The van der Waals surface area contributed by atoms with Gasteiger partial charge in [0.25, 0.3) is 5.91 Å². The van der Waals surface area contributed by atoms with E-state index in [0.29, 0.717) is 13.2 Å². The fraction of sp³-hybridized carbons (Fsp3) is 0.188. The molecule has 3 N–H and O–H groups in total. The van der Waals surface area contributed by atoms with Crippen molar-refractivity contribution >= 4 is 5.91 Å². The van der Waals surface area contributed by atoms with Gasteiger partial charge in [-0.05, 0) is 23.3 Å². The maximum Gasteiger partial charge on any atom is 0.257 e. The molecule has 1 amide bonds. The molecule has 0 aliphatic rings. The largest absolute Gasteiger partial charge is 0.489 e. The Morgan fingerprint density at radius 3 is 2.38 bits per heavy atom. The second kappa shape index (κ2) is 8.04. The molecule has 5 nitrogen and oxygen atoms in total. The monoisotopic (exact) mass is 286 g/mol. The van der Waals surface area contributed by atoms with Gasteiger partial charge in [-0.15, -0.1) is 0 Å².